The topological polar surface area (TPSA) is 78.8 Å². The van der Waals surface area contributed by atoms with Gasteiger partial charge in [0.1, 0.15) is 12.2 Å². The number of para-hydroxylation sites is 1. The Morgan fingerprint density at radius 2 is 2.18 bits per heavy atom. The zero-order valence-corrected chi connectivity index (χ0v) is 17.0. The fraction of sp³-hybridized carbons (Fsp3) is 0.476. The lowest BCUT2D eigenvalue weighted by molar-refractivity contribution is 0.185. The smallest absolute Gasteiger partial charge is 0.318 e. The number of fused-ring (bicyclic) bond motifs is 3. The standard InChI is InChI=1S/C21H28N6O/c1-13(2)10-18(20-22-12-23-26(20)4)25-21(28)27-9-8-17-16(11-27)15-7-5-6-14(3)19(15)24-17/h5-7,12-13,18,24H,8-11H2,1-4H3,(H,25,28)/t18-/m0/s1. The molecular weight excluding hydrogens is 352 g/mol. The molecule has 0 spiro atoms. The lowest BCUT2D eigenvalue weighted by Crippen LogP contribution is -2.44. The molecule has 0 saturated heterocycles. The summed E-state index contributed by atoms with van der Waals surface area (Å²) in [5.74, 6) is 1.23. The van der Waals surface area contributed by atoms with Crippen molar-refractivity contribution in [2.75, 3.05) is 6.54 Å². The Morgan fingerprint density at radius 1 is 1.36 bits per heavy atom. The normalized spacial score (nSPS) is 15.1. The number of amides is 2. The van der Waals surface area contributed by atoms with Gasteiger partial charge in [0.15, 0.2) is 0 Å². The molecule has 1 atom stereocenters. The van der Waals surface area contributed by atoms with Crippen molar-refractivity contribution in [3.63, 3.8) is 0 Å². The van der Waals surface area contributed by atoms with Crippen molar-refractivity contribution in [2.45, 2.75) is 46.2 Å². The van der Waals surface area contributed by atoms with Crippen molar-refractivity contribution in [3.8, 4) is 0 Å². The number of aryl methyl sites for hydroxylation is 2. The maximum atomic E-state index is 13.1. The lowest BCUT2D eigenvalue weighted by atomic mass is 10.0. The Hall–Kier alpha value is -2.83. The third kappa shape index (κ3) is 3.37. The maximum Gasteiger partial charge on any atom is 0.318 e. The van der Waals surface area contributed by atoms with E-state index in [1.54, 1.807) is 4.68 Å². The van der Waals surface area contributed by atoms with Gasteiger partial charge in [-0.05, 0) is 24.8 Å². The second-order valence-corrected chi connectivity index (χ2v) is 8.12. The van der Waals surface area contributed by atoms with Crippen LogP contribution in [0.5, 0.6) is 0 Å². The Bertz CT molecular complexity index is 1000. The molecule has 3 heterocycles. The average molecular weight is 380 g/mol. The first-order valence-corrected chi connectivity index (χ1v) is 9.92. The minimum atomic E-state index is -0.147. The first-order chi connectivity index (χ1) is 13.4. The summed E-state index contributed by atoms with van der Waals surface area (Å²) in [6.07, 6.45) is 3.20. The predicted octanol–water partition coefficient (Wildman–Crippen LogP) is 3.46. The highest BCUT2D eigenvalue weighted by molar-refractivity contribution is 5.88. The van der Waals surface area contributed by atoms with Crippen molar-refractivity contribution in [2.24, 2.45) is 13.0 Å². The second kappa shape index (κ2) is 7.30. The SMILES string of the molecule is Cc1cccc2c3c([nH]c12)CCN(C(=O)N[C@@H](CC(C)C)c1ncnn1C)C3. The minimum Gasteiger partial charge on any atom is -0.358 e. The van der Waals surface area contributed by atoms with Crippen LogP contribution >= 0.6 is 0 Å². The van der Waals surface area contributed by atoms with Crippen LogP contribution in [-0.2, 0) is 20.0 Å². The van der Waals surface area contributed by atoms with Crippen molar-refractivity contribution < 1.29 is 4.79 Å². The van der Waals surface area contributed by atoms with Crippen LogP contribution in [0.3, 0.4) is 0 Å². The molecule has 0 aliphatic carbocycles. The quantitative estimate of drug-likeness (QED) is 0.727. The zero-order chi connectivity index (χ0) is 19.8. The molecule has 7 heteroatoms. The van der Waals surface area contributed by atoms with Crippen LogP contribution in [0, 0.1) is 12.8 Å². The van der Waals surface area contributed by atoms with Crippen LogP contribution in [0.4, 0.5) is 4.79 Å². The van der Waals surface area contributed by atoms with Crippen molar-refractivity contribution in [3.05, 3.63) is 47.2 Å². The van der Waals surface area contributed by atoms with E-state index in [-0.39, 0.29) is 12.1 Å². The highest BCUT2D eigenvalue weighted by Gasteiger charge is 2.27. The molecule has 28 heavy (non-hydrogen) atoms. The third-order valence-corrected chi connectivity index (χ3v) is 5.57. The number of aromatic nitrogens is 4. The third-order valence-electron chi connectivity index (χ3n) is 5.57. The van der Waals surface area contributed by atoms with E-state index < -0.39 is 0 Å². The Kier molecular flexibility index (Phi) is 4.83. The first kappa shape index (κ1) is 18.5. The van der Waals surface area contributed by atoms with Crippen LogP contribution < -0.4 is 5.32 Å². The van der Waals surface area contributed by atoms with Gasteiger partial charge in [0.2, 0.25) is 0 Å². The molecule has 2 aromatic heterocycles. The van der Waals surface area contributed by atoms with E-state index in [4.69, 9.17) is 0 Å². The Labute approximate surface area is 165 Å². The molecule has 3 aromatic rings. The minimum absolute atomic E-state index is 0.0405. The number of nitrogens with zero attached hydrogens (tertiary/aromatic N) is 4. The van der Waals surface area contributed by atoms with Gasteiger partial charge in [-0.3, -0.25) is 4.68 Å². The van der Waals surface area contributed by atoms with Gasteiger partial charge in [-0.25, -0.2) is 9.78 Å². The molecule has 0 radical (unpaired) electrons. The van der Waals surface area contributed by atoms with Gasteiger partial charge in [0.25, 0.3) is 0 Å². The molecule has 0 unspecified atom stereocenters. The molecule has 0 bridgehead atoms. The summed E-state index contributed by atoms with van der Waals surface area (Å²) in [4.78, 5) is 22.9. The summed E-state index contributed by atoms with van der Waals surface area (Å²) in [6.45, 7) is 7.75. The first-order valence-electron chi connectivity index (χ1n) is 9.92. The summed E-state index contributed by atoms with van der Waals surface area (Å²) in [5, 5.41) is 8.59. The molecule has 2 N–H and O–H groups in total. The maximum absolute atomic E-state index is 13.1. The van der Waals surface area contributed by atoms with Gasteiger partial charge in [0.05, 0.1) is 6.04 Å². The van der Waals surface area contributed by atoms with E-state index in [1.807, 2.05) is 11.9 Å². The molecule has 148 valence electrons. The van der Waals surface area contributed by atoms with E-state index in [2.05, 4.69) is 59.4 Å². The Morgan fingerprint density at radius 3 is 2.89 bits per heavy atom. The van der Waals surface area contributed by atoms with E-state index >= 15 is 0 Å². The lowest BCUT2D eigenvalue weighted by Gasteiger charge is -2.30. The molecule has 0 saturated carbocycles. The summed E-state index contributed by atoms with van der Waals surface area (Å²) >= 11 is 0. The van der Waals surface area contributed by atoms with E-state index in [1.165, 1.54) is 34.1 Å². The van der Waals surface area contributed by atoms with Crippen LogP contribution in [-0.4, -0.2) is 37.2 Å². The van der Waals surface area contributed by atoms with Crippen LogP contribution in [0.15, 0.2) is 24.5 Å². The zero-order valence-electron chi connectivity index (χ0n) is 17.0. The van der Waals surface area contributed by atoms with E-state index in [9.17, 15) is 4.79 Å². The molecular formula is C21H28N6O. The molecule has 1 aliphatic rings. The number of carbonyl (C=O) groups excluding carboxylic acids is 1. The van der Waals surface area contributed by atoms with Gasteiger partial charge in [-0.2, -0.15) is 5.10 Å². The number of carbonyl (C=O) groups is 1. The molecule has 7 nitrogen and oxygen atoms in total. The number of benzene rings is 1. The number of hydrogen-bond donors (Lipinski definition) is 2. The van der Waals surface area contributed by atoms with Gasteiger partial charge >= 0.3 is 6.03 Å². The van der Waals surface area contributed by atoms with Gasteiger partial charge in [0, 0.05) is 48.7 Å². The average Bonchev–Trinajstić information content (AvgIpc) is 3.24. The van der Waals surface area contributed by atoms with E-state index in [0.717, 1.165) is 18.7 Å². The number of nitrogens with one attached hydrogen (secondary N) is 2. The monoisotopic (exact) mass is 380 g/mol. The highest BCUT2D eigenvalue weighted by atomic mass is 16.2. The molecule has 4 rings (SSSR count). The van der Waals surface area contributed by atoms with Crippen LogP contribution in [0.1, 0.15) is 49.0 Å². The number of hydrogen-bond acceptors (Lipinski definition) is 3. The van der Waals surface area contributed by atoms with Gasteiger partial charge in [-0.15, -0.1) is 0 Å². The number of H-pyrrole nitrogens is 1. The fourth-order valence-corrected chi connectivity index (χ4v) is 4.12. The summed E-state index contributed by atoms with van der Waals surface area (Å²) < 4.78 is 1.74. The van der Waals surface area contributed by atoms with Crippen molar-refractivity contribution in [1.29, 1.82) is 0 Å². The second-order valence-electron chi connectivity index (χ2n) is 8.12. The van der Waals surface area contributed by atoms with Gasteiger partial charge in [-0.1, -0.05) is 32.0 Å². The van der Waals surface area contributed by atoms with E-state index in [0.29, 0.717) is 19.0 Å². The predicted molar refractivity (Wildman–Crippen MR) is 109 cm³/mol. The summed E-state index contributed by atoms with van der Waals surface area (Å²) in [7, 11) is 1.86. The largest absolute Gasteiger partial charge is 0.358 e. The van der Waals surface area contributed by atoms with Crippen LogP contribution in [0.2, 0.25) is 0 Å². The molecule has 1 aromatic carbocycles. The summed E-state index contributed by atoms with van der Waals surface area (Å²) in [6, 6.07) is 6.15. The summed E-state index contributed by atoms with van der Waals surface area (Å²) in [5.41, 5.74) is 4.91. The van der Waals surface area contributed by atoms with Gasteiger partial charge < -0.3 is 15.2 Å². The van der Waals surface area contributed by atoms with Crippen LogP contribution in [0.25, 0.3) is 10.9 Å². The molecule has 0 fully saturated rings. The number of aromatic amines is 1. The van der Waals surface area contributed by atoms with Crippen molar-refractivity contribution >= 4 is 16.9 Å². The Balaban J connectivity index is 1.55. The van der Waals surface area contributed by atoms with Crippen molar-refractivity contribution in [1.82, 2.24) is 30.0 Å². The molecule has 2 amide bonds. The highest BCUT2D eigenvalue weighted by Crippen LogP contribution is 2.29. The fourth-order valence-electron chi connectivity index (χ4n) is 4.12. The molecule has 1 aliphatic heterocycles. The number of rotatable bonds is 4. The number of urea groups is 1.